The first kappa shape index (κ1) is 26.0. The van der Waals surface area contributed by atoms with Crippen LogP contribution in [0.4, 0.5) is 4.79 Å². The van der Waals surface area contributed by atoms with Crippen LogP contribution in [-0.2, 0) is 14.3 Å². The van der Waals surface area contributed by atoms with E-state index in [0.717, 1.165) is 22.3 Å². The number of carboxylic acids is 1. The molecule has 2 amide bonds. The van der Waals surface area contributed by atoms with E-state index in [-0.39, 0.29) is 30.4 Å². The van der Waals surface area contributed by atoms with Crippen LogP contribution in [0.1, 0.15) is 51.2 Å². The molecule has 0 radical (unpaired) electrons. The molecule has 1 aliphatic carbocycles. The maximum absolute atomic E-state index is 12.9. The Morgan fingerprint density at radius 2 is 1.49 bits per heavy atom. The van der Waals surface area contributed by atoms with Crippen molar-refractivity contribution in [2.45, 2.75) is 52.1 Å². The number of carbonyl (C=O) groups is 3. The molecule has 0 aromatic heterocycles. The average molecular weight is 479 g/mol. The van der Waals surface area contributed by atoms with Crippen molar-refractivity contribution in [2.75, 3.05) is 6.61 Å². The number of nitrogens with one attached hydrogen (secondary N) is 2. The summed E-state index contributed by atoms with van der Waals surface area (Å²) in [6.07, 6.45) is 2.97. The minimum Gasteiger partial charge on any atom is -0.481 e. The van der Waals surface area contributed by atoms with Crippen LogP contribution >= 0.6 is 0 Å². The molecule has 3 rings (SSSR count). The Kier molecular flexibility index (Phi) is 8.68. The van der Waals surface area contributed by atoms with Gasteiger partial charge in [0.2, 0.25) is 5.91 Å². The predicted octanol–water partition coefficient (Wildman–Crippen LogP) is 4.72. The summed E-state index contributed by atoms with van der Waals surface area (Å²) in [6.45, 7) is 7.42. The number of amides is 2. The lowest BCUT2D eigenvalue weighted by atomic mass is 9.98. The number of carbonyl (C=O) groups excluding carboxylic acids is 2. The van der Waals surface area contributed by atoms with Gasteiger partial charge in [0.05, 0.1) is 5.92 Å². The fraction of sp³-hybridized carbons (Fsp3) is 0.393. The molecule has 0 fully saturated rings. The molecule has 0 saturated heterocycles. The van der Waals surface area contributed by atoms with Crippen LogP contribution in [0, 0.1) is 11.8 Å². The zero-order valence-corrected chi connectivity index (χ0v) is 20.7. The molecule has 0 bridgehead atoms. The van der Waals surface area contributed by atoms with Crippen molar-refractivity contribution in [3.05, 3.63) is 71.8 Å². The molecule has 186 valence electrons. The van der Waals surface area contributed by atoms with E-state index >= 15 is 0 Å². The molecule has 0 saturated carbocycles. The van der Waals surface area contributed by atoms with Gasteiger partial charge in [-0.1, -0.05) is 74.5 Å². The highest BCUT2D eigenvalue weighted by molar-refractivity contribution is 5.86. The van der Waals surface area contributed by atoms with Crippen molar-refractivity contribution in [1.82, 2.24) is 10.6 Å². The average Bonchev–Trinajstić information content (AvgIpc) is 3.14. The lowest BCUT2D eigenvalue weighted by molar-refractivity contribution is -0.139. The Morgan fingerprint density at radius 1 is 0.914 bits per heavy atom. The summed E-state index contributed by atoms with van der Waals surface area (Å²) in [5, 5.41) is 14.5. The molecule has 7 nitrogen and oxygen atoms in total. The van der Waals surface area contributed by atoms with Gasteiger partial charge in [-0.3, -0.25) is 9.59 Å². The van der Waals surface area contributed by atoms with E-state index in [1.165, 1.54) is 6.08 Å². The number of benzene rings is 2. The van der Waals surface area contributed by atoms with Crippen molar-refractivity contribution in [3.8, 4) is 11.1 Å². The van der Waals surface area contributed by atoms with Crippen molar-refractivity contribution in [2.24, 2.45) is 11.8 Å². The van der Waals surface area contributed by atoms with Crippen LogP contribution in [0.2, 0.25) is 0 Å². The first-order valence-corrected chi connectivity index (χ1v) is 12.0. The van der Waals surface area contributed by atoms with E-state index in [1.807, 2.05) is 38.1 Å². The van der Waals surface area contributed by atoms with E-state index < -0.39 is 24.0 Å². The molecular formula is C28H34N2O5. The van der Waals surface area contributed by atoms with Gasteiger partial charge in [0.25, 0.3) is 0 Å². The third-order valence-electron chi connectivity index (χ3n) is 6.11. The number of hydrogen-bond donors (Lipinski definition) is 3. The van der Waals surface area contributed by atoms with Gasteiger partial charge in [-0.05, 0) is 48.4 Å². The topological polar surface area (TPSA) is 105 Å². The Balaban J connectivity index is 1.62. The van der Waals surface area contributed by atoms with Gasteiger partial charge in [0, 0.05) is 12.0 Å². The van der Waals surface area contributed by atoms with Crippen LogP contribution in [0.3, 0.4) is 0 Å². The minimum atomic E-state index is -0.936. The van der Waals surface area contributed by atoms with E-state index in [9.17, 15) is 14.4 Å². The monoisotopic (exact) mass is 478 g/mol. The largest absolute Gasteiger partial charge is 0.481 e. The normalized spacial score (nSPS) is 15.2. The maximum Gasteiger partial charge on any atom is 0.407 e. The van der Waals surface area contributed by atoms with Gasteiger partial charge in [-0.15, -0.1) is 0 Å². The van der Waals surface area contributed by atoms with Gasteiger partial charge >= 0.3 is 12.1 Å². The summed E-state index contributed by atoms with van der Waals surface area (Å²) in [5.41, 5.74) is 4.53. The van der Waals surface area contributed by atoms with Crippen molar-refractivity contribution >= 4 is 18.0 Å². The highest BCUT2D eigenvalue weighted by Gasteiger charge is 2.30. The second-order valence-corrected chi connectivity index (χ2v) is 9.46. The second kappa shape index (κ2) is 11.7. The number of aliphatic carboxylic acids is 1. The lowest BCUT2D eigenvalue weighted by Gasteiger charge is -2.22. The smallest absolute Gasteiger partial charge is 0.407 e. The van der Waals surface area contributed by atoms with Crippen LogP contribution in [0.5, 0.6) is 0 Å². The third kappa shape index (κ3) is 6.72. The Hall–Kier alpha value is -3.61. The molecule has 2 aromatic rings. The van der Waals surface area contributed by atoms with Crippen LogP contribution < -0.4 is 10.6 Å². The Bertz CT molecular complexity index is 1050. The highest BCUT2D eigenvalue weighted by atomic mass is 16.5. The molecule has 0 spiro atoms. The number of hydrogen-bond acceptors (Lipinski definition) is 4. The number of ether oxygens (including phenoxy) is 1. The summed E-state index contributed by atoms with van der Waals surface area (Å²) in [7, 11) is 0. The van der Waals surface area contributed by atoms with Crippen molar-refractivity contribution in [1.29, 1.82) is 0 Å². The number of fused-ring (bicyclic) bond motifs is 3. The first-order chi connectivity index (χ1) is 16.7. The van der Waals surface area contributed by atoms with E-state index in [4.69, 9.17) is 9.84 Å². The Morgan fingerprint density at radius 3 is 2.03 bits per heavy atom. The van der Waals surface area contributed by atoms with Gasteiger partial charge < -0.3 is 20.5 Å². The third-order valence-corrected chi connectivity index (χ3v) is 6.11. The highest BCUT2D eigenvalue weighted by Crippen LogP contribution is 2.44. The minimum absolute atomic E-state index is 0.0630. The second-order valence-electron chi connectivity index (χ2n) is 9.46. The molecule has 0 heterocycles. The van der Waals surface area contributed by atoms with E-state index in [0.29, 0.717) is 6.42 Å². The SMILES string of the molecule is CC(C)C[C@H](NC(=O)OCC1c2ccccc2-c2ccccc21)C(=O)N[C@@H](C)/C=C/[C@@H](C)C(=O)O. The zero-order valence-electron chi connectivity index (χ0n) is 20.7. The molecule has 3 atom stereocenters. The van der Waals surface area contributed by atoms with Gasteiger partial charge in [0.1, 0.15) is 12.6 Å². The number of carboxylic acid groups (broad SMARTS) is 1. The molecule has 35 heavy (non-hydrogen) atoms. The summed E-state index contributed by atoms with van der Waals surface area (Å²) < 4.78 is 5.60. The van der Waals surface area contributed by atoms with Crippen molar-refractivity contribution < 1.29 is 24.2 Å². The predicted molar refractivity (Wildman–Crippen MR) is 135 cm³/mol. The van der Waals surface area contributed by atoms with Gasteiger partial charge in [-0.2, -0.15) is 0 Å². The number of rotatable bonds is 10. The van der Waals surface area contributed by atoms with Gasteiger partial charge in [0.15, 0.2) is 0 Å². The van der Waals surface area contributed by atoms with E-state index in [2.05, 4.69) is 34.9 Å². The fourth-order valence-corrected chi connectivity index (χ4v) is 4.27. The summed E-state index contributed by atoms with van der Waals surface area (Å²) in [6, 6.07) is 15.1. The molecular weight excluding hydrogens is 444 g/mol. The zero-order chi connectivity index (χ0) is 25.5. The van der Waals surface area contributed by atoms with E-state index in [1.54, 1.807) is 19.9 Å². The first-order valence-electron chi connectivity index (χ1n) is 12.0. The lowest BCUT2D eigenvalue weighted by Crippen LogP contribution is -2.49. The fourth-order valence-electron chi connectivity index (χ4n) is 4.27. The van der Waals surface area contributed by atoms with Crippen LogP contribution in [-0.4, -0.2) is 41.8 Å². The molecule has 3 N–H and O–H groups in total. The summed E-state index contributed by atoms with van der Waals surface area (Å²) in [5.74, 6) is -1.83. The summed E-state index contributed by atoms with van der Waals surface area (Å²) >= 11 is 0. The standard InChI is InChI=1S/C28H34N2O5/c1-17(2)15-25(26(31)29-19(4)14-13-18(3)27(32)33)30-28(34)35-16-24-22-11-7-5-9-20(22)21-10-6-8-12-23(21)24/h5-14,17-19,24-25H,15-16H2,1-4H3,(H,29,31)(H,30,34)(H,32,33)/b14-13+/t18-,19+,25+/m1/s1. The molecule has 0 unspecified atom stereocenters. The molecule has 7 heteroatoms. The van der Waals surface area contributed by atoms with Crippen LogP contribution in [0.15, 0.2) is 60.7 Å². The maximum atomic E-state index is 12.9. The molecule has 0 aliphatic heterocycles. The van der Waals surface area contributed by atoms with Crippen molar-refractivity contribution in [3.63, 3.8) is 0 Å². The quantitative estimate of drug-likeness (QED) is 0.429. The van der Waals surface area contributed by atoms with Crippen LogP contribution in [0.25, 0.3) is 11.1 Å². The molecule has 2 aromatic carbocycles. The molecule has 1 aliphatic rings. The Labute approximate surface area is 206 Å². The number of alkyl carbamates (subject to hydrolysis) is 1. The van der Waals surface area contributed by atoms with Gasteiger partial charge in [-0.25, -0.2) is 4.79 Å². The summed E-state index contributed by atoms with van der Waals surface area (Å²) in [4.78, 5) is 36.5.